The van der Waals surface area contributed by atoms with Crippen LogP contribution < -0.4 is 4.74 Å². The topological polar surface area (TPSA) is 9.23 Å². The van der Waals surface area contributed by atoms with Crippen LogP contribution in [0.2, 0.25) is 0 Å². The summed E-state index contributed by atoms with van der Waals surface area (Å²) < 4.78 is 5.49. The molecule has 0 fully saturated rings. The zero-order valence-corrected chi connectivity index (χ0v) is 10.3. The highest BCUT2D eigenvalue weighted by molar-refractivity contribution is 5.92. The van der Waals surface area contributed by atoms with E-state index in [0.717, 1.165) is 11.1 Å². The Hall–Kier alpha value is -2.28. The Morgan fingerprint density at radius 1 is 0.722 bits per heavy atom. The minimum atomic E-state index is 0.923. The lowest BCUT2D eigenvalue weighted by Gasteiger charge is -2.09. The van der Waals surface area contributed by atoms with E-state index in [4.69, 9.17) is 4.74 Å². The van der Waals surface area contributed by atoms with Gasteiger partial charge in [-0.2, -0.15) is 0 Å². The molecule has 1 heteroatoms. The standard InChI is InChI=1S/C17H14O/c1-18-17-12-15(13-7-3-2-4-8-13)11-14-9-5-6-10-16(14)17/h2-12H,1H3. The summed E-state index contributed by atoms with van der Waals surface area (Å²) in [4.78, 5) is 0. The summed E-state index contributed by atoms with van der Waals surface area (Å²) in [7, 11) is 1.72. The van der Waals surface area contributed by atoms with Gasteiger partial charge in [-0.15, -0.1) is 0 Å². The molecule has 3 aromatic carbocycles. The van der Waals surface area contributed by atoms with Crippen molar-refractivity contribution in [2.45, 2.75) is 0 Å². The predicted octanol–water partition coefficient (Wildman–Crippen LogP) is 4.52. The molecule has 88 valence electrons. The quantitative estimate of drug-likeness (QED) is 0.633. The molecule has 0 N–H and O–H groups in total. The molecule has 0 aliphatic carbocycles. The molecular weight excluding hydrogens is 220 g/mol. The Morgan fingerprint density at radius 2 is 1.44 bits per heavy atom. The van der Waals surface area contributed by atoms with Crippen molar-refractivity contribution in [2.75, 3.05) is 7.11 Å². The van der Waals surface area contributed by atoms with E-state index in [1.165, 1.54) is 16.5 Å². The van der Waals surface area contributed by atoms with Gasteiger partial charge in [0, 0.05) is 5.39 Å². The summed E-state index contributed by atoms with van der Waals surface area (Å²) in [5.74, 6) is 0.923. The second kappa shape index (κ2) is 4.53. The molecule has 18 heavy (non-hydrogen) atoms. The summed E-state index contributed by atoms with van der Waals surface area (Å²) >= 11 is 0. The molecule has 0 radical (unpaired) electrons. The maximum atomic E-state index is 5.49. The lowest BCUT2D eigenvalue weighted by atomic mass is 10.0. The number of hydrogen-bond donors (Lipinski definition) is 0. The number of rotatable bonds is 2. The van der Waals surface area contributed by atoms with Gasteiger partial charge in [-0.1, -0.05) is 54.6 Å². The fourth-order valence-corrected chi connectivity index (χ4v) is 2.24. The van der Waals surface area contributed by atoms with E-state index in [9.17, 15) is 0 Å². The summed E-state index contributed by atoms with van der Waals surface area (Å²) in [6.45, 7) is 0. The largest absolute Gasteiger partial charge is 0.496 e. The maximum Gasteiger partial charge on any atom is 0.127 e. The average Bonchev–Trinajstić information content (AvgIpc) is 2.47. The van der Waals surface area contributed by atoms with Crippen molar-refractivity contribution in [3.05, 3.63) is 66.7 Å². The molecule has 0 atom stereocenters. The van der Waals surface area contributed by atoms with Gasteiger partial charge in [0.2, 0.25) is 0 Å². The van der Waals surface area contributed by atoms with Crippen molar-refractivity contribution < 1.29 is 4.74 Å². The van der Waals surface area contributed by atoms with Crippen LogP contribution in [0.1, 0.15) is 0 Å². The molecular formula is C17H14O. The number of hydrogen-bond acceptors (Lipinski definition) is 1. The normalized spacial score (nSPS) is 10.5. The molecule has 0 bridgehead atoms. The van der Waals surface area contributed by atoms with Crippen LogP contribution >= 0.6 is 0 Å². The predicted molar refractivity (Wildman–Crippen MR) is 75.9 cm³/mol. The SMILES string of the molecule is COc1cc(-c2ccccc2)cc2ccccc12. The number of benzene rings is 3. The molecule has 0 unspecified atom stereocenters. The third-order valence-corrected chi connectivity index (χ3v) is 3.15. The lowest BCUT2D eigenvalue weighted by molar-refractivity contribution is 0.420. The van der Waals surface area contributed by atoms with Crippen molar-refractivity contribution in [2.24, 2.45) is 0 Å². The zero-order valence-electron chi connectivity index (χ0n) is 10.3. The van der Waals surface area contributed by atoms with Crippen LogP contribution in [0.15, 0.2) is 66.7 Å². The third-order valence-electron chi connectivity index (χ3n) is 3.15. The van der Waals surface area contributed by atoms with Crippen molar-refractivity contribution in [3.8, 4) is 16.9 Å². The Kier molecular flexibility index (Phi) is 2.73. The summed E-state index contributed by atoms with van der Waals surface area (Å²) in [6, 6.07) is 22.9. The Bertz CT molecular complexity index is 672. The first-order valence-corrected chi connectivity index (χ1v) is 6.01. The fraction of sp³-hybridized carbons (Fsp3) is 0.0588. The van der Waals surface area contributed by atoms with Crippen LogP contribution in [-0.2, 0) is 0 Å². The van der Waals surface area contributed by atoms with Gasteiger partial charge in [0.25, 0.3) is 0 Å². The second-order valence-electron chi connectivity index (χ2n) is 4.27. The van der Waals surface area contributed by atoms with Gasteiger partial charge in [0.1, 0.15) is 5.75 Å². The average molecular weight is 234 g/mol. The van der Waals surface area contributed by atoms with Gasteiger partial charge in [-0.05, 0) is 28.6 Å². The van der Waals surface area contributed by atoms with Gasteiger partial charge in [-0.3, -0.25) is 0 Å². The fourth-order valence-electron chi connectivity index (χ4n) is 2.24. The molecule has 1 nitrogen and oxygen atoms in total. The first-order valence-electron chi connectivity index (χ1n) is 6.01. The van der Waals surface area contributed by atoms with Crippen LogP contribution in [0, 0.1) is 0 Å². The van der Waals surface area contributed by atoms with Crippen LogP contribution in [0.3, 0.4) is 0 Å². The van der Waals surface area contributed by atoms with E-state index in [1.54, 1.807) is 7.11 Å². The van der Waals surface area contributed by atoms with Gasteiger partial charge in [0.05, 0.1) is 7.11 Å². The van der Waals surface area contributed by atoms with E-state index in [0.29, 0.717) is 0 Å². The highest BCUT2D eigenvalue weighted by Gasteiger charge is 2.05. The molecule has 0 aliphatic rings. The van der Waals surface area contributed by atoms with Crippen molar-refractivity contribution in [1.82, 2.24) is 0 Å². The van der Waals surface area contributed by atoms with Crippen LogP contribution in [0.4, 0.5) is 0 Å². The Morgan fingerprint density at radius 3 is 2.22 bits per heavy atom. The summed E-state index contributed by atoms with van der Waals surface area (Å²) in [5.41, 5.74) is 2.40. The van der Waals surface area contributed by atoms with E-state index in [1.807, 2.05) is 12.1 Å². The van der Waals surface area contributed by atoms with Gasteiger partial charge in [0.15, 0.2) is 0 Å². The molecule has 3 rings (SSSR count). The minimum absolute atomic E-state index is 0.923. The molecule has 0 aliphatic heterocycles. The first kappa shape index (κ1) is 10.8. The Labute approximate surface area is 107 Å². The van der Waals surface area contributed by atoms with Gasteiger partial charge >= 0.3 is 0 Å². The molecule has 0 saturated heterocycles. The van der Waals surface area contributed by atoms with Crippen LogP contribution in [0.25, 0.3) is 21.9 Å². The van der Waals surface area contributed by atoms with Gasteiger partial charge < -0.3 is 4.74 Å². The first-order chi connectivity index (χ1) is 8.88. The van der Waals surface area contributed by atoms with E-state index in [2.05, 4.69) is 54.6 Å². The van der Waals surface area contributed by atoms with Crippen molar-refractivity contribution in [3.63, 3.8) is 0 Å². The van der Waals surface area contributed by atoms with Crippen LogP contribution in [0.5, 0.6) is 5.75 Å². The highest BCUT2D eigenvalue weighted by atomic mass is 16.5. The van der Waals surface area contributed by atoms with Crippen LogP contribution in [-0.4, -0.2) is 7.11 Å². The minimum Gasteiger partial charge on any atom is -0.496 e. The molecule has 0 saturated carbocycles. The number of fused-ring (bicyclic) bond motifs is 1. The van der Waals surface area contributed by atoms with Crippen molar-refractivity contribution >= 4 is 10.8 Å². The number of ether oxygens (including phenoxy) is 1. The molecule has 0 spiro atoms. The smallest absolute Gasteiger partial charge is 0.127 e. The Balaban J connectivity index is 2.26. The van der Waals surface area contributed by atoms with Gasteiger partial charge in [-0.25, -0.2) is 0 Å². The molecule has 0 amide bonds. The highest BCUT2D eigenvalue weighted by Crippen LogP contribution is 2.32. The summed E-state index contributed by atoms with van der Waals surface area (Å²) in [5, 5.41) is 2.36. The molecule has 0 aromatic heterocycles. The van der Waals surface area contributed by atoms with Crippen molar-refractivity contribution in [1.29, 1.82) is 0 Å². The zero-order chi connectivity index (χ0) is 12.4. The lowest BCUT2D eigenvalue weighted by Crippen LogP contribution is -1.87. The third kappa shape index (κ3) is 1.84. The monoisotopic (exact) mass is 234 g/mol. The summed E-state index contributed by atoms with van der Waals surface area (Å²) in [6.07, 6.45) is 0. The van der Waals surface area contributed by atoms with E-state index >= 15 is 0 Å². The number of methoxy groups -OCH3 is 1. The van der Waals surface area contributed by atoms with E-state index in [-0.39, 0.29) is 0 Å². The molecule has 0 heterocycles. The maximum absolute atomic E-state index is 5.49. The van der Waals surface area contributed by atoms with E-state index < -0.39 is 0 Å². The second-order valence-corrected chi connectivity index (χ2v) is 4.27. The molecule has 3 aromatic rings.